The fourth-order valence-electron chi connectivity index (χ4n) is 1.73. The number of carbonyl (C=O) groups excluding carboxylic acids is 1. The largest absolute Gasteiger partial charge is 0.322 e. The van der Waals surface area contributed by atoms with Crippen LogP contribution in [0, 0.1) is 6.92 Å². The molecular formula is C15H13BrClNO. The zero-order chi connectivity index (χ0) is 13.8. The van der Waals surface area contributed by atoms with Crippen molar-refractivity contribution < 1.29 is 4.79 Å². The van der Waals surface area contributed by atoms with E-state index in [0.717, 1.165) is 22.1 Å². The van der Waals surface area contributed by atoms with Gasteiger partial charge in [0.25, 0.3) is 5.91 Å². The highest BCUT2D eigenvalue weighted by Crippen LogP contribution is 2.20. The molecule has 1 amide bonds. The summed E-state index contributed by atoms with van der Waals surface area (Å²) < 4.78 is 0. The van der Waals surface area contributed by atoms with Gasteiger partial charge in [0.1, 0.15) is 0 Å². The maximum atomic E-state index is 12.2. The quantitative estimate of drug-likeness (QED) is 0.801. The van der Waals surface area contributed by atoms with E-state index in [1.165, 1.54) is 0 Å². The molecule has 2 aromatic rings. The molecule has 0 saturated carbocycles. The molecule has 0 fully saturated rings. The zero-order valence-electron chi connectivity index (χ0n) is 10.4. The summed E-state index contributed by atoms with van der Waals surface area (Å²) in [5, 5.41) is 4.26. The van der Waals surface area contributed by atoms with Crippen LogP contribution in [0.25, 0.3) is 0 Å². The molecule has 0 atom stereocenters. The molecule has 19 heavy (non-hydrogen) atoms. The van der Waals surface area contributed by atoms with Crippen molar-refractivity contribution in [3.63, 3.8) is 0 Å². The van der Waals surface area contributed by atoms with E-state index >= 15 is 0 Å². The Morgan fingerprint density at radius 1 is 1.21 bits per heavy atom. The van der Waals surface area contributed by atoms with E-state index in [0.29, 0.717) is 10.6 Å². The van der Waals surface area contributed by atoms with Crippen molar-refractivity contribution >= 4 is 39.1 Å². The van der Waals surface area contributed by atoms with E-state index < -0.39 is 0 Å². The second-order valence-electron chi connectivity index (χ2n) is 4.20. The molecule has 2 rings (SSSR count). The molecule has 98 valence electrons. The average molecular weight is 339 g/mol. The van der Waals surface area contributed by atoms with Crippen molar-refractivity contribution in [2.45, 2.75) is 12.3 Å². The summed E-state index contributed by atoms with van der Waals surface area (Å²) in [6, 6.07) is 13.0. The van der Waals surface area contributed by atoms with Gasteiger partial charge in [-0.3, -0.25) is 4.79 Å². The predicted molar refractivity (Wildman–Crippen MR) is 83.2 cm³/mol. The van der Waals surface area contributed by atoms with Gasteiger partial charge in [0, 0.05) is 21.6 Å². The van der Waals surface area contributed by atoms with Crippen LogP contribution in [0.5, 0.6) is 0 Å². The summed E-state index contributed by atoms with van der Waals surface area (Å²) in [7, 11) is 0. The van der Waals surface area contributed by atoms with Gasteiger partial charge in [0.15, 0.2) is 0 Å². The summed E-state index contributed by atoms with van der Waals surface area (Å²) in [5.74, 6) is -0.147. The van der Waals surface area contributed by atoms with E-state index in [9.17, 15) is 4.79 Å². The molecule has 2 nitrogen and oxygen atoms in total. The average Bonchev–Trinajstić information content (AvgIpc) is 2.42. The van der Waals surface area contributed by atoms with Gasteiger partial charge in [0.2, 0.25) is 0 Å². The molecule has 0 radical (unpaired) electrons. The molecule has 0 aliphatic rings. The third kappa shape index (κ3) is 3.37. The first-order chi connectivity index (χ1) is 9.11. The van der Waals surface area contributed by atoms with E-state index in [1.807, 2.05) is 31.2 Å². The van der Waals surface area contributed by atoms with Gasteiger partial charge in [-0.15, -0.1) is 0 Å². The Hall–Kier alpha value is -1.32. The Kier molecular flexibility index (Phi) is 4.61. The van der Waals surface area contributed by atoms with Crippen LogP contribution < -0.4 is 5.32 Å². The highest BCUT2D eigenvalue weighted by Gasteiger charge is 2.10. The highest BCUT2D eigenvalue weighted by atomic mass is 79.9. The van der Waals surface area contributed by atoms with Gasteiger partial charge in [-0.1, -0.05) is 45.7 Å². The highest BCUT2D eigenvalue weighted by molar-refractivity contribution is 9.08. The summed E-state index contributed by atoms with van der Waals surface area (Å²) >= 11 is 9.40. The number of benzene rings is 2. The second kappa shape index (κ2) is 6.22. The van der Waals surface area contributed by atoms with Gasteiger partial charge in [-0.25, -0.2) is 0 Å². The smallest absolute Gasteiger partial charge is 0.255 e. The summed E-state index contributed by atoms with van der Waals surface area (Å²) in [4.78, 5) is 12.2. The Morgan fingerprint density at radius 2 is 1.89 bits per heavy atom. The monoisotopic (exact) mass is 337 g/mol. The minimum atomic E-state index is -0.147. The minimum Gasteiger partial charge on any atom is -0.322 e. The lowest BCUT2D eigenvalue weighted by Gasteiger charge is -2.09. The van der Waals surface area contributed by atoms with E-state index in [4.69, 9.17) is 11.6 Å². The summed E-state index contributed by atoms with van der Waals surface area (Å²) in [6.07, 6.45) is 0. The first kappa shape index (κ1) is 14.1. The van der Waals surface area contributed by atoms with Crippen LogP contribution in [0.1, 0.15) is 21.5 Å². The Bertz CT molecular complexity index is 596. The van der Waals surface area contributed by atoms with Gasteiger partial charge < -0.3 is 5.32 Å². The SMILES string of the molecule is Cc1c(Cl)cccc1C(=O)Nc1ccc(CBr)cc1. The number of anilines is 1. The van der Waals surface area contributed by atoms with Crippen LogP contribution in [-0.4, -0.2) is 5.91 Å². The normalized spacial score (nSPS) is 10.3. The topological polar surface area (TPSA) is 29.1 Å². The summed E-state index contributed by atoms with van der Waals surface area (Å²) in [6.45, 7) is 1.84. The molecule has 0 aliphatic heterocycles. The number of rotatable bonds is 3. The van der Waals surface area contributed by atoms with Crippen molar-refractivity contribution in [2.75, 3.05) is 5.32 Å². The maximum absolute atomic E-state index is 12.2. The van der Waals surface area contributed by atoms with Crippen LogP contribution in [0.2, 0.25) is 5.02 Å². The van der Waals surface area contributed by atoms with Gasteiger partial charge >= 0.3 is 0 Å². The lowest BCUT2D eigenvalue weighted by molar-refractivity contribution is 0.102. The fourth-order valence-corrected chi connectivity index (χ4v) is 2.28. The number of halogens is 2. The van der Waals surface area contributed by atoms with Crippen molar-refractivity contribution in [3.8, 4) is 0 Å². The van der Waals surface area contributed by atoms with Crippen LogP contribution in [-0.2, 0) is 5.33 Å². The molecule has 1 N–H and O–H groups in total. The molecular weight excluding hydrogens is 326 g/mol. The van der Waals surface area contributed by atoms with E-state index in [2.05, 4.69) is 21.2 Å². The number of carbonyl (C=O) groups is 1. The van der Waals surface area contributed by atoms with E-state index in [1.54, 1.807) is 18.2 Å². The molecule has 0 unspecified atom stereocenters. The van der Waals surface area contributed by atoms with Crippen molar-refractivity contribution in [2.24, 2.45) is 0 Å². The van der Waals surface area contributed by atoms with Gasteiger partial charge in [-0.05, 0) is 42.3 Å². The standard InChI is InChI=1S/C15H13BrClNO/c1-10-13(3-2-4-14(10)17)15(19)18-12-7-5-11(9-16)6-8-12/h2-8H,9H2,1H3,(H,18,19). The Morgan fingerprint density at radius 3 is 2.53 bits per heavy atom. The number of amides is 1. The van der Waals surface area contributed by atoms with Crippen molar-refractivity contribution in [1.29, 1.82) is 0 Å². The third-order valence-electron chi connectivity index (χ3n) is 2.88. The van der Waals surface area contributed by atoms with Crippen molar-refractivity contribution in [3.05, 3.63) is 64.2 Å². The molecule has 4 heteroatoms. The minimum absolute atomic E-state index is 0.147. The third-order valence-corrected chi connectivity index (χ3v) is 3.94. The molecule has 0 aromatic heterocycles. The number of hydrogen-bond acceptors (Lipinski definition) is 1. The first-order valence-corrected chi connectivity index (χ1v) is 7.33. The van der Waals surface area contributed by atoms with Crippen LogP contribution in [0.15, 0.2) is 42.5 Å². The van der Waals surface area contributed by atoms with Gasteiger partial charge in [-0.2, -0.15) is 0 Å². The maximum Gasteiger partial charge on any atom is 0.255 e. The summed E-state index contributed by atoms with van der Waals surface area (Å²) in [5.41, 5.74) is 3.32. The molecule has 2 aromatic carbocycles. The molecule has 0 heterocycles. The predicted octanol–water partition coefficient (Wildman–Crippen LogP) is 4.80. The number of hydrogen-bond donors (Lipinski definition) is 1. The molecule has 0 bridgehead atoms. The lowest BCUT2D eigenvalue weighted by atomic mass is 10.1. The lowest BCUT2D eigenvalue weighted by Crippen LogP contribution is -2.13. The van der Waals surface area contributed by atoms with Crippen molar-refractivity contribution in [1.82, 2.24) is 0 Å². The van der Waals surface area contributed by atoms with Crippen LogP contribution in [0.3, 0.4) is 0 Å². The van der Waals surface area contributed by atoms with Crippen LogP contribution >= 0.6 is 27.5 Å². The molecule has 0 aliphatic carbocycles. The zero-order valence-corrected chi connectivity index (χ0v) is 12.8. The fraction of sp³-hybridized carbons (Fsp3) is 0.133. The van der Waals surface area contributed by atoms with Gasteiger partial charge in [0.05, 0.1) is 0 Å². The van der Waals surface area contributed by atoms with E-state index in [-0.39, 0.29) is 5.91 Å². The number of alkyl halides is 1. The Labute approximate surface area is 125 Å². The Balaban J connectivity index is 2.18. The second-order valence-corrected chi connectivity index (χ2v) is 5.17. The number of nitrogens with one attached hydrogen (secondary N) is 1. The van der Waals surface area contributed by atoms with Crippen LogP contribution in [0.4, 0.5) is 5.69 Å². The molecule has 0 saturated heterocycles. The first-order valence-electron chi connectivity index (χ1n) is 5.83. The molecule has 0 spiro atoms.